The summed E-state index contributed by atoms with van der Waals surface area (Å²) in [7, 11) is -7.25. The molecular formula is C24H22N4O6S2. The largest absolute Gasteiger partial charge is 0.403 e. The molecule has 0 atom stereocenters. The van der Waals surface area contributed by atoms with E-state index in [1.807, 2.05) is 0 Å². The molecule has 1 amide bonds. The summed E-state index contributed by atoms with van der Waals surface area (Å²) in [5.41, 5.74) is 1.09. The van der Waals surface area contributed by atoms with E-state index in [1.54, 1.807) is 49.4 Å². The summed E-state index contributed by atoms with van der Waals surface area (Å²) < 4.78 is 56.5. The zero-order chi connectivity index (χ0) is 25.9. The molecule has 12 heteroatoms. The van der Waals surface area contributed by atoms with Gasteiger partial charge in [0, 0.05) is 23.9 Å². The van der Waals surface area contributed by atoms with Crippen molar-refractivity contribution in [1.82, 2.24) is 10.2 Å². The number of carbonyl (C=O) groups is 1. The summed E-state index contributed by atoms with van der Waals surface area (Å²) >= 11 is 0. The highest BCUT2D eigenvalue weighted by Crippen LogP contribution is 2.25. The number of hydrogen-bond acceptors (Lipinski definition) is 8. The Balaban J connectivity index is 1.50. The molecule has 36 heavy (non-hydrogen) atoms. The minimum absolute atomic E-state index is 0.0258. The number of anilines is 2. The van der Waals surface area contributed by atoms with Crippen LogP contribution in [0.15, 0.2) is 93.1 Å². The number of sulfonamides is 1. The molecule has 1 aromatic heterocycles. The highest BCUT2D eigenvalue weighted by atomic mass is 32.2. The average Bonchev–Trinajstić information content (AvgIpc) is 3.33. The van der Waals surface area contributed by atoms with E-state index >= 15 is 0 Å². The van der Waals surface area contributed by atoms with Crippen LogP contribution in [0, 0.1) is 0 Å². The molecule has 1 heterocycles. The average molecular weight is 527 g/mol. The number of benzene rings is 3. The Bertz CT molecular complexity index is 1600. The minimum Gasteiger partial charge on any atom is -0.403 e. The first-order valence-corrected chi connectivity index (χ1v) is 14.1. The number of para-hydroxylation sites is 1. The van der Waals surface area contributed by atoms with Gasteiger partial charge < -0.3 is 4.42 Å². The number of hydrogen-bond donors (Lipinski definition) is 1. The molecule has 186 valence electrons. The van der Waals surface area contributed by atoms with Crippen molar-refractivity contribution >= 4 is 37.5 Å². The number of carbonyl (C=O) groups excluding carboxylic acids is 1. The van der Waals surface area contributed by atoms with Gasteiger partial charge in [0.05, 0.1) is 15.5 Å². The van der Waals surface area contributed by atoms with Crippen LogP contribution in [0.2, 0.25) is 0 Å². The molecule has 0 fully saturated rings. The maximum atomic E-state index is 13.1. The van der Waals surface area contributed by atoms with Crippen molar-refractivity contribution in [3.8, 4) is 11.5 Å². The molecule has 1 N–H and O–H groups in total. The Hall–Kier alpha value is -4.03. The standard InChI is InChI=1S/C24H22N4O6S2/c1-3-28(19-9-5-4-6-10-19)36(32,33)20-14-12-17(13-15-20)22(29)25-24-27-26-23(34-24)18-8-7-11-21(16-18)35(2,30)31/h4-16H,3H2,1-2H3,(H,25,27,29). The van der Waals surface area contributed by atoms with Gasteiger partial charge in [0.15, 0.2) is 9.84 Å². The van der Waals surface area contributed by atoms with Gasteiger partial charge in [0.25, 0.3) is 15.9 Å². The fourth-order valence-electron chi connectivity index (χ4n) is 3.41. The highest BCUT2D eigenvalue weighted by Gasteiger charge is 2.24. The van der Waals surface area contributed by atoms with E-state index in [0.29, 0.717) is 11.3 Å². The summed E-state index contributed by atoms with van der Waals surface area (Å²) in [5, 5.41) is 10.1. The van der Waals surface area contributed by atoms with Gasteiger partial charge in [-0.1, -0.05) is 29.4 Å². The maximum absolute atomic E-state index is 13.1. The lowest BCUT2D eigenvalue weighted by molar-refractivity contribution is 0.102. The van der Waals surface area contributed by atoms with Gasteiger partial charge >= 0.3 is 6.01 Å². The van der Waals surface area contributed by atoms with Crippen LogP contribution in [0.1, 0.15) is 17.3 Å². The quantitative estimate of drug-likeness (QED) is 0.367. The lowest BCUT2D eigenvalue weighted by atomic mass is 10.2. The zero-order valence-electron chi connectivity index (χ0n) is 19.3. The SMILES string of the molecule is CCN(c1ccccc1)S(=O)(=O)c1ccc(C(=O)Nc2nnc(-c3cccc(S(C)(=O)=O)c3)o2)cc1. The van der Waals surface area contributed by atoms with Gasteiger partial charge in [0.1, 0.15) is 0 Å². The minimum atomic E-state index is -3.83. The monoisotopic (exact) mass is 526 g/mol. The molecule has 10 nitrogen and oxygen atoms in total. The number of sulfone groups is 1. The van der Waals surface area contributed by atoms with Crippen molar-refractivity contribution in [3.63, 3.8) is 0 Å². The smallest absolute Gasteiger partial charge is 0.322 e. The van der Waals surface area contributed by atoms with Crippen LogP contribution < -0.4 is 9.62 Å². The Kier molecular flexibility index (Phi) is 6.91. The van der Waals surface area contributed by atoms with Crippen LogP contribution in [-0.4, -0.2) is 45.7 Å². The summed E-state index contributed by atoms with van der Waals surface area (Å²) in [6.45, 7) is 1.98. The van der Waals surface area contributed by atoms with E-state index < -0.39 is 25.8 Å². The molecule has 3 aromatic carbocycles. The Morgan fingerprint density at radius 1 is 0.889 bits per heavy atom. The van der Waals surface area contributed by atoms with Gasteiger partial charge in [-0.25, -0.2) is 16.8 Å². The second kappa shape index (κ2) is 9.91. The fraction of sp³-hybridized carbons (Fsp3) is 0.125. The van der Waals surface area contributed by atoms with Crippen LogP contribution >= 0.6 is 0 Å². The van der Waals surface area contributed by atoms with E-state index in [1.165, 1.54) is 40.7 Å². The Morgan fingerprint density at radius 3 is 2.22 bits per heavy atom. The second-order valence-electron chi connectivity index (χ2n) is 7.70. The van der Waals surface area contributed by atoms with Crippen LogP contribution in [0.25, 0.3) is 11.5 Å². The van der Waals surface area contributed by atoms with Crippen molar-refractivity contribution in [2.24, 2.45) is 0 Å². The molecular weight excluding hydrogens is 504 g/mol. The second-order valence-corrected chi connectivity index (χ2v) is 11.6. The normalized spacial score (nSPS) is 11.7. The number of rotatable bonds is 8. The summed E-state index contributed by atoms with van der Waals surface area (Å²) in [4.78, 5) is 12.8. The molecule has 0 aliphatic carbocycles. The lowest BCUT2D eigenvalue weighted by Gasteiger charge is -2.22. The Morgan fingerprint density at radius 2 is 1.58 bits per heavy atom. The molecule has 4 aromatic rings. The summed E-state index contributed by atoms with van der Waals surface area (Å²) in [5.74, 6) is -0.563. The fourth-order valence-corrected chi connectivity index (χ4v) is 5.55. The first-order valence-electron chi connectivity index (χ1n) is 10.7. The predicted molar refractivity (Wildman–Crippen MR) is 134 cm³/mol. The molecule has 0 spiro atoms. The zero-order valence-corrected chi connectivity index (χ0v) is 21.0. The van der Waals surface area contributed by atoms with Gasteiger partial charge in [-0.3, -0.25) is 14.4 Å². The third-order valence-corrected chi connectivity index (χ3v) is 8.22. The van der Waals surface area contributed by atoms with E-state index in [2.05, 4.69) is 15.5 Å². The number of nitrogens with one attached hydrogen (secondary N) is 1. The van der Waals surface area contributed by atoms with Gasteiger partial charge in [0.2, 0.25) is 5.89 Å². The molecule has 4 rings (SSSR count). The molecule has 0 unspecified atom stereocenters. The molecule has 0 saturated heterocycles. The topological polar surface area (TPSA) is 140 Å². The van der Waals surface area contributed by atoms with Crippen LogP contribution in [0.4, 0.5) is 11.7 Å². The summed E-state index contributed by atoms with van der Waals surface area (Å²) in [6, 6.07) is 20.0. The van der Waals surface area contributed by atoms with E-state index in [-0.39, 0.29) is 33.8 Å². The lowest BCUT2D eigenvalue weighted by Crippen LogP contribution is -2.30. The van der Waals surface area contributed by atoms with Crippen LogP contribution in [-0.2, 0) is 19.9 Å². The van der Waals surface area contributed by atoms with Crippen LogP contribution in [0.3, 0.4) is 0 Å². The molecule has 0 radical (unpaired) electrons. The van der Waals surface area contributed by atoms with Crippen molar-refractivity contribution in [1.29, 1.82) is 0 Å². The predicted octanol–water partition coefficient (Wildman–Crippen LogP) is 3.61. The highest BCUT2D eigenvalue weighted by molar-refractivity contribution is 7.92. The number of nitrogens with zero attached hydrogens (tertiary/aromatic N) is 3. The van der Waals surface area contributed by atoms with Crippen molar-refractivity contribution < 1.29 is 26.0 Å². The number of aromatic nitrogens is 2. The van der Waals surface area contributed by atoms with Crippen molar-refractivity contribution in [2.45, 2.75) is 16.7 Å². The Labute approximate surface area is 208 Å². The van der Waals surface area contributed by atoms with E-state index in [4.69, 9.17) is 4.42 Å². The van der Waals surface area contributed by atoms with Gasteiger partial charge in [-0.05, 0) is 61.5 Å². The maximum Gasteiger partial charge on any atom is 0.322 e. The molecule has 0 aliphatic rings. The number of amides is 1. The van der Waals surface area contributed by atoms with Crippen molar-refractivity contribution in [2.75, 3.05) is 22.4 Å². The molecule has 0 bridgehead atoms. The molecule has 0 aliphatic heterocycles. The van der Waals surface area contributed by atoms with Gasteiger partial charge in [-0.15, -0.1) is 5.10 Å². The third kappa shape index (κ3) is 5.29. The first-order chi connectivity index (χ1) is 17.1. The third-order valence-electron chi connectivity index (χ3n) is 5.19. The summed E-state index contributed by atoms with van der Waals surface area (Å²) in [6.07, 6.45) is 1.09. The molecule has 0 saturated carbocycles. The van der Waals surface area contributed by atoms with Crippen molar-refractivity contribution in [3.05, 3.63) is 84.4 Å². The van der Waals surface area contributed by atoms with E-state index in [9.17, 15) is 21.6 Å². The van der Waals surface area contributed by atoms with Crippen LogP contribution in [0.5, 0.6) is 0 Å². The van der Waals surface area contributed by atoms with E-state index in [0.717, 1.165) is 6.26 Å². The first kappa shape index (κ1) is 25.1. The van der Waals surface area contributed by atoms with Gasteiger partial charge in [-0.2, -0.15) is 0 Å².